The summed E-state index contributed by atoms with van der Waals surface area (Å²) in [6.45, 7) is 6.32. The van der Waals surface area contributed by atoms with Crippen molar-refractivity contribution in [2.75, 3.05) is 57.0 Å². The topological polar surface area (TPSA) is 112 Å². The van der Waals surface area contributed by atoms with E-state index < -0.39 is 11.6 Å². The van der Waals surface area contributed by atoms with Gasteiger partial charge in [0, 0.05) is 48.7 Å². The van der Waals surface area contributed by atoms with Gasteiger partial charge in [-0.15, -0.1) is 0 Å². The number of benzene rings is 2. The van der Waals surface area contributed by atoms with Gasteiger partial charge in [0.05, 0.1) is 20.9 Å². The number of fused-ring (bicyclic) bond motifs is 2. The van der Waals surface area contributed by atoms with Gasteiger partial charge in [-0.1, -0.05) is 29.5 Å². The number of rotatable bonds is 6. The summed E-state index contributed by atoms with van der Waals surface area (Å²) >= 11 is 7.71. The van der Waals surface area contributed by atoms with Gasteiger partial charge in [0.2, 0.25) is 11.8 Å². The maximum absolute atomic E-state index is 16.6. The van der Waals surface area contributed by atoms with Gasteiger partial charge in [-0.05, 0) is 44.3 Å². The largest absolute Gasteiger partial charge is 0.475 e. The number of carbonyl (C=O) groups excluding carboxylic acids is 1. The Hall–Kier alpha value is -4.05. The van der Waals surface area contributed by atoms with Crippen molar-refractivity contribution in [3.63, 3.8) is 0 Å². The van der Waals surface area contributed by atoms with Crippen molar-refractivity contribution < 1.29 is 18.3 Å². The molecule has 2 aliphatic rings. The first-order chi connectivity index (χ1) is 20.2. The number of carbonyl (C=O) groups is 1. The molecule has 1 amide bonds. The molecule has 4 aromatic rings. The maximum atomic E-state index is 16.6. The highest BCUT2D eigenvalue weighted by Crippen LogP contribution is 2.44. The van der Waals surface area contributed by atoms with Crippen LogP contribution in [-0.2, 0) is 4.79 Å². The number of nitriles is 1. The van der Waals surface area contributed by atoms with E-state index in [2.05, 4.69) is 27.5 Å². The van der Waals surface area contributed by atoms with Crippen LogP contribution in [0.2, 0.25) is 5.02 Å². The Morgan fingerprint density at radius 2 is 2.02 bits per heavy atom. The van der Waals surface area contributed by atoms with Gasteiger partial charge in [0.1, 0.15) is 29.6 Å². The second-order valence-corrected chi connectivity index (χ2v) is 11.7. The van der Waals surface area contributed by atoms with E-state index >= 15 is 4.39 Å². The molecule has 216 valence electrons. The zero-order chi connectivity index (χ0) is 29.7. The van der Waals surface area contributed by atoms with Gasteiger partial charge < -0.3 is 20.3 Å². The fourth-order valence-electron chi connectivity index (χ4n) is 5.50. The van der Waals surface area contributed by atoms with E-state index in [4.69, 9.17) is 22.1 Å². The van der Waals surface area contributed by atoms with Crippen LogP contribution in [0.5, 0.6) is 5.88 Å². The zero-order valence-electron chi connectivity index (χ0n) is 22.7. The fraction of sp³-hybridized carbons (Fsp3) is 0.310. The minimum Gasteiger partial charge on any atom is -0.475 e. The molecule has 1 unspecified atom stereocenters. The minimum absolute atomic E-state index is 0.00583. The number of nitrogen functional groups attached to an aromatic ring is 1. The van der Waals surface area contributed by atoms with Gasteiger partial charge in [0.25, 0.3) is 0 Å². The van der Waals surface area contributed by atoms with Gasteiger partial charge >= 0.3 is 0 Å². The van der Waals surface area contributed by atoms with Crippen molar-refractivity contribution in [3.8, 4) is 23.1 Å². The van der Waals surface area contributed by atoms with Crippen LogP contribution in [0, 0.1) is 23.0 Å². The first-order valence-corrected chi connectivity index (χ1v) is 14.5. The molecule has 1 atom stereocenters. The summed E-state index contributed by atoms with van der Waals surface area (Å²) in [6, 6.07) is 6.57. The molecule has 4 heterocycles. The molecule has 0 bridgehead atoms. The molecule has 9 nitrogen and oxygen atoms in total. The zero-order valence-corrected chi connectivity index (χ0v) is 24.2. The Morgan fingerprint density at radius 1 is 1.26 bits per heavy atom. The minimum atomic E-state index is -0.756. The third kappa shape index (κ3) is 4.67. The van der Waals surface area contributed by atoms with E-state index in [0.717, 1.165) is 24.3 Å². The van der Waals surface area contributed by atoms with Crippen LogP contribution < -0.4 is 15.4 Å². The lowest BCUT2D eigenvalue weighted by atomic mass is 9.99. The third-order valence-corrected chi connectivity index (χ3v) is 9.13. The number of nitrogens with two attached hydrogens (primary N) is 1. The first-order valence-electron chi connectivity index (χ1n) is 13.3. The van der Waals surface area contributed by atoms with Crippen molar-refractivity contribution >= 4 is 60.8 Å². The molecule has 2 aliphatic heterocycles. The summed E-state index contributed by atoms with van der Waals surface area (Å²) < 4.78 is 37.5. The quantitative estimate of drug-likeness (QED) is 0.310. The Bertz CT molecular complexity index is 1800. The number of halogens is 3. The Morgan fingerprint density at radius 3 is 2.67 bits per heavy atom. The number of piperazine rings is 1. The summed E-state index contributed by atoms with van der Waals surface area (Å²) in [5.74, 6) is -1.45. The smallest absolute Gasteiger partial charge is 0.246 e. The van der Waals surface area contributed by atoms with Crippen LogP contribution in [0.1, 0.15) is 12.0 Å². The number of aromatic nitrogens is 2. The first kappa shape index (κ1) is 28.1. The average Bonchev–Trinajstić information content (AvgIpc) is 3.39. The molecule has 0 saturated carbocycles. The monoisotopic (exact) mass is 609 g/mol. The molecule has 42 heavy (non-hydrogen) atoms. The van der Waals surface area contributed by atoms with Crippen molar-refractivity contribution in [2.24, 2.45) is 0 Å². The van der Waals surface area contributed by atoms with E-state index in [1.807, 2.05) is 11.9 Å². The van der Waals surface area contributed by atoms with Crippen LogP contribution in [-0.4, -0.2) is 78.1 Å². The highest BCUT2D eigenvalue weighted by molar-refractivity contribution is 7.22. The number of hydrogen-bond donors (Lipinski definition) is 1. The van der Waals surface area contributed by atoms with Crippen molar-refractivity contribution in [3.05, 3.63) is 53.1 Å². The molecule has 2 aromatic carbocycles. The number of pyridine rings is 1. The van der Waals surface area contributed by atoms with E-state index in [1.165, 1.54) is 18.2 Å². The lowest BCUT2D eigenvalue weighted by molar-refractivity contribution is -0.126. The molecule has 13 heteroatoms. The van der Waals surface area contributed by atoms with Crippen LogP contribution in [0.3, 0.4) is 0 Å². The Labute approximate surface area is 249 Å². The number of anilines is 2. The predicted octanol–water partition coefficient (Wildman–Crippen LogP) is 4.81. The van der Waals surface area contributed by atoms with E-state index in [1.54, 1.807) is 11.0 Å². The van der Waals surface area contributed by atoms with Crippen LogP contribution in [0.15, 0.2) is 30.9 Å². The molecular weight excluding hydrogens is 584 g/mol. The van der Waals surface area contributed by atoms with Crippen LogP contribution >= 0.6 is 22.9 Å². The van der Waals surface area contributed by atoms with E-state index in [0.29, 0.717) is 37.3 Å². The summed E-state index contributed by atoms with van der Waals surface area (Å²) in [5, 5.41) is 10.8. The normalized spacial score (nSPS) is 17.4. The highest BCUT2D eigenvalue weighted by Gasteiger charge is 2.31. The average molecular weight is 610 g/mol. The van der Waals surface area contributed by atoms with Gasteiger partial charge in [-0.25, -0.2) is 18.7 Å². The van der Waals surface area contributed by atoms with Gasteiger partial charge in [0.15, 0.2) is 10.9 Å². The van der Waals surface area contributed by atoms with Gasteiger partial charge in [-0.2, -0.15) is 5.26 Å². The number of nitrogens with zero attached hydrogens (tertiary/aromatic N) is 6. The number of likely N-dealkylation sites (tertiary alicyclic amines) is 1. The predicted molar refractivity (Wildman–Crippen MR) is 160 cm³/mol. The summed E-state index contributed by atoms with van der Waals surface area (Å²) in [6.07, 6.45) is 2.20. The molecule has 2 saturated heterocycles. The van der Waals surface area contributed by atoms with E-state index in [9.17, 15) is 14.4 Å². The van der Waals surface area contributed by atoms with Crippen molar-refractivity contribution in [1.29, 1.82) is 5.26 Å². The molecule has 0 spiro atoms. The molecule has 2 N–H and O–H groups in total. The fourth-order valence-corrected chi connectivity index (χ4v) is 6.56. The summed E-state index contributed by atoms with van der Waals surface area (Å²) in [5.41, 5.74) is 6.86. The Balaban J connectivity index is 1.54. The lowest BCUT2D eigenvalue weighted by Gasteiger charge is -2.38. The van der Waals surface area contributed by atoms with Gasteiger partial charge in [-0.3, -0.25) is 9.69 Å². The molecule has 0 radical (unpaired) electrons. The molecule has 2 aromatic heterocycles. The number of amides is 1. The standard InChI is InChI=1S/C29H26ClF2N7O2S/c1-3-21(40)38-8-10-39(11-9-38)26-17-12-19(30)22(16-4-5-20(31)27-25(16)36-29(34)42-27)23(32)24(17)35-28(18(26)13-33)41-14-15-6-7-37(15)2/h3-5,12,15H,1,6-11,14H2,2H3,(H2,34,36). The summed E-state index contributed by atoms with van der Waals surface area (Å²) in [4.78, 5) is 26.7. The lowest BCUT2D eigenvalue weighted by Crippen LogP contribution is -2.49. The van der Waals surface area contributed by atoms with Crippen LogP contribution in [0.25, 0.3) is 32.2 Å². The third-order valence-electron chi connectivity index (χ3n) is 7.94. The second-order valence-electron chi connectivity index (χ2n) is 10.3. The Kier molecular flexibility index (Phi) is 7.34. The number of hydrogen-bond acceptors (Lipinski definition) is 9. The van der Waals surface area contributed by atoms with Crippen LogP contribution in [0.4, 0.5) is 19.6 Å². The SMILES string of the molecule is C=CC(=O)N1CCN(c2c(C#N)c(OCC3CCN3C)nc3c(F)c(-c4ccc(F)c5sc(N)nc45)c(Cl)cc23)CC1. The highest BCUT2D eigenvalue weighted by atomic mass is 35.5. The number of likely N-dealkylation sites (N-methyl/N-ethyl adjacent to an activating group) is 1. The maximum Gasteiger partial charge on any atom is 0.246 e. The number of thiazole rings is 1. The van der Waals surface area contributed by atoms with Crippen molar-refractivity contribution in [1.82, 2.24) is 19.8 Å². The molecule has 0 aliphatic carbocycles. The number of ether oxygens (including phenoxy) is 1. The van der Waals surface area contributed by atoms with Crippen molar-refractivity contribution in [2.45, 2.75) is 12.5 Å². The summed E-state index contributed by atoms with van der Waals surface area (Å²) in [7, 11) is 1.98. The molecule has 6 rings (SSSR count). The molecular formula is C29H26ClF2N7O2S. The van der Waals surface area contributed by atoms with E-state index in [-0.39, 0.29) is 67.0 Å². The molecule has 2 fully saturated rings. The second kappa shape index (κ2) is 11.0.